The molecule has 8 nitrogen and oxygen atoms in total. The second kappa shape index (κ2) is 9.19. The number of hydrogen-bond acceptors (Lipinski definition) is 8. The van der Waals surface area contributed by atoms with Crippen molar-refractivity contribution < 1.29 is 19.0 Å². The Bertz CT molecular complexity index is 1330. The van der Waals surface area contributed by atoms with E-state index in [4.69, 9.17) is 14.2 Å². The third-order valence-corrected chi connectivity index (χ3v) is 5.76. The van der Waals surface area contributed by atoms with E-state index in [0.29, 0.717) is 27.5 Å². The zero-order valence-corrected chi connectivity index (χ0v) is 18.6. The Kier molecular flexibility index (Phi) is 6.18. The van der Waals surface area contributed by atoms with Crippen molar-refractivity contribution in [2.24, 2.45) is 0 Å². The third kappa shape index (κ3) is 4.33. The number of methoxy groups -OCH3 is 2. The van der Waals surface area contributed by atoms with Crippen molar-refractivity contribution in [3.63, 3.8) is 0 Å². The zero-order chi connectivity index (χ0) is 22.7. The van der Waals surface area contributed by atoms with Gasteiger partial charge in [-0.05, 0) is 30.7 Å². The molecule has 0 aliphatic rings. The molecule has 0 unspecified atom stereocenters. The maximum absolute atomic E-state index is 13.0. The highest BCUT2D eigenvalue weighted by molar-refractivity contribution is 7.19. The molecule has 4 rings (SSSR count). The number of fused-ring (bicyclic) bond motifs is 1. The Morgan fingerprint density at radius 2 is 1.81 bits per heavy atom. The maximum Gasteiger partial charge on any atom is 0.328 e. The van der Waals surface area contributed by atoms with Gasteiger partial charge in [-0.1, -0.05) is 30.3 Å². The largest absolute Gasteiger partial charge is 0.493 e. The molecule has 0 N–H and O–H groups in total. The van der Waals surface area contributed by atoms with Crippen molar-refractivity contribution in [3.05, 3.63) is 69.5 Å². The quantitative estimate of drug-likeness (QED) is 0.397. The molecule has 2 aromatic carbocycles. The van der Waals surface area contributed by atoms with Gasteiger partial charge in [0.05, 0.1) is 23.9 Å². The summed E-state index contributed by atoms with van der Waals surface area (Å²) in [4.78, 5) is 29.8. The predicted octanol–water partition coefficient (Wildman–Crippen LogP) is 3.59. The van der Waals surface area contributed by atoms with E-state index in [9.17, 15) is 9.59 Å². The van der Waals surface area contributed by atoms with Gasteiger partial charge in [0.1, 0.15) is 18.8 Å². The first kappa shape index (κ1) is 21.5. The van der Waals surface area contributed by atoms with Crippen molar-refractivity contribution in [1.29, 1.82) is 0 Å². The van der Waals surface area contributed by atoms with Gasteiger partial charge < -0.3 is 14.2 Å². The number of hydrogen-bond donors (Lipinski definition) is 0. The fourth-order valence-electron chi connectivity index (χ4n) is 3.25. The van der Waals surface area contributed by atoms with Crippen LogP contribution in [0.25, 0.3) is 21.5 Å². The molecule has 0 saturated carbocycles. The van der Waals surface area contributed by atoms with Crippen molar-refractivity contribution in [2.75, 3.05) is 14.2 Å². The van der Waals surface area contributed by atoms with Crippen LogP contribution in [0.4, 0.5) is 0 Å². The average Bonchev–Trinajstić information content (AvgIpc) is 3.21. The van der Waals surface area contributed by atoms with Crippen LogP contribution in [0, 0.1) is 6.92 Å². The standard InChI is InChI=1S/C23H21N3O5S/c1-14-24-21-22(32-14)20(16-9-10-17(29-2)18(11-16)30-3)25-26(23(21)28)12-19(27)31-13-15-7-5-4-6-8-15/h4-11H,12-13H2,1-3H3. The first-order valence-corrected chi connectivity index (χ1v) is 10.6. The van der Waals surface area contributed by atoms with Crippen LogP contribution >= 0.6 is 11.3 Å². The molecule has 4 aromatic rings. The Labute approximate surface area is 188 Å². The van der Waals surface area contributed by atoms with Crippen molar-refractivity contribution in [3.8, 4) is 22.8 Å². The number of carbonyl (C=O) groups excluding carboxylic acids is 1. The van der Waals surface area contributed by atoms with Gasteiger partial charge in [0.15, 0.2) is 17.0 Å². The molecule has 9 heteroatoms. The number of thiazole rings is 1. The Hall–Kier alpha value is -3.72. The van der Waals surface area contributed by atoms with E-state index in [1.54, 1.807) is 26.4 Å². The summed E-state index contributed by atoms with van der Waals surface area (Å²) in [6.07, 6.45) is 0. The molecule has 0 saturated heterocycles. The van der Waals surface area contributed by atoms with E-state index >= 15 is 0 Å². The fraction of sp³-hybridized carbons (Fsp3) is 0.217. The molecule has 164 valence electrons. The summed E-state index contributed by atoms with van der Waals surface area (Å²) in [6.45, 7) is 1.62. The molecule has 0 atom stereocenters. The van der Waals surface area contributed by atoms with Crippen LogP contribution in [0.3, 0.4) is 0 Å². The minimum absolute atomic E-state index is 0.120. The van der Waals surface area contributed by atoms with Gasteiger partial charge in [-0.2, -0.15) is 5.10 Å². The molecule has 32 heavy (non-hydrogen) atoms. The molecule has 0 aliphatic carbocycles. The normalized spacial score (nSPS) is 10.8. The van der Waals surface area contributed by atoms with E-state index in [1.807, 2.05) is 43.3 Å². The maximum atomic E-state index is 13.0. The lowest BCUT2D eigenvalue weighted by Crippen LogP contribution is -2.28. The lowest BCUT2D eigenvalue weighted by atomic mass is 10.1. The molecule has 0 amide bonds. The molecule has 0 aliphatic heterocycles. The molecule has 0 spiro atoms. The number of carbonyl (C=O) groups is 1. The number of aromatic nitrogens is 3. The summed E-state index contributed by atoms with van der Waals surface area (Å²) in [6, 6.07) is 14.7. The van der Waals surface area contributed by atoms with E-state index in [0.717, 1.165) is 15.3 Å². The van der Waals surface area contributed by atoms with Crippen LogP contribution in [-0.2, 0) is 22.7 Å². The van der Waals surface area contributed by atoms with E-state index < -0.39 is 11.5 Å². The Balaban J connectivity index is 1.70. The van der Waals surface area contributed by atoms with Crippen LogP contribution < -0.4 is 15.0 Å². The van der Waals surface area contributed by atoms with Gasteiger partial charge >= 0.3 is 5.97 Å². The first-order valence-electron chi connectivity index (χ1n) is 9.80. The summed E-state index contributed by atoms with van der Waals surface area (Å²) in [7, 11) is 3.10. The van der Waals surface area contributed by atoms with Crippen LogP contribution in [0.2, 0.25) is 0 Å². The fourth-order valence-corrected chi connectivity index (χ4v) is 4.17. The highest BCUT2D eigenvalue weighted by Crippen LogP contribution is 2.35. The summed E-state index contributed by atoms with van der Waals surface area (Å²) in [5.41, 5.74) is 1.93. The highest BCUT2D eigenvalue weighted by atomic mass is 32.1. The van der Waals surface area contributed by atoms with Crippen molar-refractivity contribution in [2.45, 2.75) is 20.1 Å². The van der Waals surface area contributed by atoms with Gasteiger partial charge in [0.25, 0.3) is 5.56 Å². The SMILES string of the molecule is COc1ccc(-c2nn(CC(=O)OCc3ccccc3)c(=O)c3nc(C)sc23)cc1OC. The first-order chi connectivity index (χ1) is 15.5. The molecule has 2 aromatic heterocycles. The summed E-state index contributed by atoms with van der Waals surface area (Å²) >= 11 is 1.37. The molecular weight excluding hydrogens is 430 g/mol. The minimum Gasteiger partial charge on any atom is -0.493 e. The number of aryl methyl sites for hydroxylation is 1. The van der Waals surface area contributed by atoms with E-state index in [1.165, 1.54) is 11.3 Å². The lowest BCUT2D eigenvalue weighted by Gasteiger charge is -2.11. The summed E-state index contributed by atoms with van der Waals surface area (Å²) in [5, 5.41) is 5.21. The third-order valence-electron chi connectivity index (χ3n) is 4.79. The Morgan fingerprint density at radius 3 is 2.53 bits per heavy atom. The number of rotatable bonds is 7. The van der Waals surface area contributed by atoms with Gasteiger partial charge in [-0.3, -0.25) is 9.59 Å². The Morgan fingerprint density at radius 1 is 1.06 bits per heavy atom. The zero-order valence-electron chi connectivity index (χ0n) is 17.8. The minimum atomic E-state index is -0.562. The smallest absolute Gasteiger partial charge is 0.328 e. The van der Waals surface area contributed by atoms with Gasteiger partial charge in [-0.25, -0.2) is 9.67 Å². The van der Waals surface area contributed by atoms with Gasteiger partial charge in [-0.15, -0.1) is 11.3 Å². The molecular formula is C23H21N3O5S. The van der Waals surface area contributed by atoms with Crippen LogP contribution in [0.15, 0.2) is 53.3 Å². The number of nitrogens with zero attached hydrogens (tertiary/aromatic N) is 3. The van der Waals surface area contributed by atoms with Gasteiger partial charge in [0, 0.05) is 5.56 Å². The average molecular weight is 452 g/mol. The number of ether oxygens (including phenoxy) is 3. The second-order valence-electron chi connectivity index (χ2n) is 6.94. The molecule has 0 radical (unpaired) electrons. The second-order valence-corrected chi connectivity index (χ2v) is 8.14. The van der Waals surface area contributed by atoms with Crippen LogP contribution in [0.5, 0.6) is 11.5 Å². The summed E-state index contributed by atoms with van der Waals surface area (Å²) in [5.74, 6) is 0.542. The number of benzene rings is 2. The molecule has 0 bridgehead atoms. The molecule has 2 heterocycles. The van der Waals surface area contributed by atoms with E-state index in [2.05, 4.69) is 10.1 Å². The van der Waals surface area contributed by atoms with Crippen LogP contribution in [0.1, 0.15) is 10.6 Å². The highest BCUT2D eigenvalue weighted by Gasteiger charge is 2.19. The van der Waals surface area contributed by atoms with E-state index in [-0.39, 0.29) is 18.7 Å². The monoisotopic (exact) mass is 451 g/mol. The lowest BCUT2D eigenvalue weighted by molar-refractivity contribution is -0.146. The summed E-state index contributed by atoms with van der Waals surface area (Å²) < 4.78 is 17.8. The predicted molar refractivity (Wildman–Crippen MR) is 121 cm³/mol. The topological polar surface area (TPSA) is 92.5 Å². The van der Waals surface area contributed by atoms with Gasteiger partial charge in [0.2, 0.25) is 0 Å². The van der Waals surface area contributed by atoms with Crippen LogP contribution in [-0.4, -0.2) is 35.0 Å². The number of esters is 1. The van der Waals surface area contributed by atoms with Crippen molar-refractivity contribution in [1.82, 2.24) is 14.8 Å². The van der Waals surface area contributed by atoms with Crippen molar-refractivity contribution >= 4 is 27.5 Å². The molecule has 0 fully saturated rings.